The number of likely N-dealkylation sites (tertiary alicyclic amines) is 1. The molecule has 1 heterocycles. The summed E-state index contributed by atoms with van der Waals surface area (Å²) in [7, 11) is 0. The number of ether oxygens (including phenoxy) is 1. The second-order valence-electron chi connectivity index (χ2n) is 7.59. The van der Waals surface area contributed by atoms with Crippen molar-refractivity contribution in [2.24, 2.45) is 0 Å². The van der Waals surface area contributed by atoms with Gasteiger partial charge in [-0.05, 0) is 55.6 Å². The van der Waals surface area contributed by atoms with E-state index in [4.69, 9.17) is 4.74 Å². The fourth-order valence-electron chi connectivity index (χ4n) is 3.84. The standard InChI is InChI=1S/C24H33NO2/c1-2-3-18-27-22-14-12-21(13-15-22)24(26)23(20-10-6-4-7-11-20)19-25-16-8-5-9-17-25/h4,6-7,10-15,23-24,26H,2-3,5,8-9,16-19H2,1H3/t23-,24+/m1/s1. The van der Waals surface area contributed by atoms with Crippen LogP contribution in [-0.2, 0) is 0 Å². The first-order chi connectivity index (χ1) is 13.3. The molecule has 3 rings (SSSR count). The van der Waals surface area contributed by atoms with Crippen LogP contribution < -0.4 is 4.74 Å². The van der Waals surface area contributed by atoms with E-state index in [9.17, 15) is 5.11 Å². The summed E-state index contributed by atoms with van der Waals surface area (Å²) >= 11 is 0. The van der Waals surface area contributed by atoms with Crippen molar-refractivity contribution < 1.29 is 9.84 Å². The van der Waals surface area contributed by atoms with Crippen LogP contribution in [0.1, 0.15) is 62.2 Å². The number of unbranched alkanes of at least 4 members (excludes halogenated alkanes) is 1. The molecule has 0 aromatic heterocycles. The summed E-state index contributed by atoms with van der Waals surface area (Å²) in [6, 6.07) is 18.4. The van der Waals surface area contributed by atoms with Gasteiger partial charge in [0.2, 0.25) is 0 Å². The van der Waals surface area contributed by atoms with Gasteiger partial charge >= 0.3 is 0 Å². The van der Waals surface area contributed by atoms with Crippen molar-refractivity contribution in [2.45, 2.75) is 51.0 Å². The number of aliphatic hydroxyl groups excluding tert-OH is 1. The molecule has 0 unspecified atom stereocenters. The van der Waals surface area contributed by atoms with Crippen LogP contribution in [0.25, 0.3) is 0 Å². The Labute approximate surface area is 164 Å². The normalized spacial score (nSPS) is 17.4. The molecule has 1 aliphatic heterocycles. The zero-order chi connectivity index (χ0) is 18.9. The average Bonchev–Trinajstić information content (AvgIpc) is 2.74. The summed E-state index contributed by atoms with van der Waals surface area (Å²) in [6.45, 7) is 6.09. The van der Waals surface area contributed by atoms with Crippen molar-refractivity contribution in [3.05, 3.63) is 65.7 Å². The lowest BCUT2D eigenvalue weighted by Gasteiger charge is -2.33. The molecular formula is C24H33NO2. The highest BCUT2D eigenvalue weighted by atomic mass is 16.5. The molecule has 0 amide bonds. The van der Waals surface area contributed by atoms with Gasteiger partial charge in [-0.2, -0.15) is 0 Å². The maximum Gasteiger partial charge on any atom is 0.119 e. The summed E-state index contributed by atoms with van der Waals surface area (Å²) in [4.78, 5) is 2.51. The van der Waals surface area contributed by atoms with Gasteiger partial charge in [-0.1, -0.05) is 62.2 Å². The van der Waals surface area contributed by atoms with Crippen LogP contribution in [0.15, 0.2) is 54.6 Å². The monoisotopic (exact) mass is 367 g/mol. The molecule has 1 saturated heterocycles. The van der Waals surface area contributed by atoms with Gasteiger partial charge in [0.1, 0.15) is 5.75 Å². The Kier molecular flexibility index (Phi) is 7.73. The number of aliphatic hydroxyl groups is 1. The Morgan fingerprint density at radius 3 is 2.30 bits per heavy atom. The average molecular weight is 368 g/mol. The fourth-order valence-corrected chi connectivity index (χ4v) is 3.84. The summed E-state index contributed by atoms with van der Waals surface area (Å²) in [6.07, 6.45) is 5.54. The molecule has 2 aromatic rings. The van der Waals surface area contributed by atoms with E-state index in [0.29, 0.717) is 0 Å². The molecule has 146 valence electrons. The van der Waals surface area contributed by atoms with Gasteiger partial charge < -0.3 is 14.7 Å². The van der Waals surface area contributed by atoms with Crippen LogP contribution in [-0.4, -0.2) is 36.2 Å². The van der Waals surface area contributed by atoms with Gasteiger partial charge in [0, 0.05) is 12.5 Å². The first-order valence-electron chi connectivity index (χ1n) is 10.5. The van der Waals surface area contributed by atoms with Crippen molar-refractivity contribution >= 4 is 0 Å². The number of hydrogen-bond donors (Lipinski definition) is 1. The second-order valence-corrected chi connectivity index (χ2v) is 7.59. The van der Waals surface area contributed by atoms with Gasteiger partial charge in [-0.3, -0.25) is 0 Å². The molecule has 2 aromatic carbocycles. The highest BCUT2D eigenvalue weighted by molar-refractivity contribution is 5.32. The van der Waals surface area contributed by atoms with Crippen LogP contribution in [0.4, 0.5) is 0 Å². The van der Waals surface area contributed by atoms with E-state index in [1.807, 2.05) is 30.3 Å². The Morgan fingerprint density at radius 1 is 0.926 bits per heavy atom. The molecule has 1 N–H and O–H groups in total. The number of piperidine rings is 1. The minimum atomic E-state index is -0.515. The van der Waals surface area contributed by atoms with Crippen LogP contribution in [0, 0.1) is 0 Å². The van der Waals surface area contributed by atoms with Crippen LogP contribution in [0.5, 0.6) is 5.75 Å². The van der Waals surface area contributed by atoms with Crippen LogP contribution in [0.3, 0.4) is 0 Å². The Hall–Kier alpha value is -1.84. The molecule has 0 aliphatic carbocycles. The Bertz CT molecular complexity index is 650. The van der Waals surface area contributed by atoms with E-state index in [-0.39, 0.29) is 5.92 Å². The maximum atomic E-state index is 11.2. The fraction of sp³-hybridized carbons (Fsp3) is 0.500. The lowest BCUT2D eigenvalue weighted by atomic mass is 9.88. The molecule has 2 atom stereocenters. The Balaban J connectivity index is 1.72. The van der Waals surface area contributed by atoms with Crippen LogP contribution >= 0.6 is 0 Å². The predicted octanol–water partition coefficient (Wildman–Crippen LogP) is 5.17. The maximum absolute atomic E-state index is 11.2. The second kappa shape index (κ2) is 10.5. The number of nitrogens with zero attached hydrogens (tertiary/aromatic N) is 1. The lowest BCUT2D eigenvalue weighted by Crippen LogP contribution is -2.35. The van der Waals surface area contributed by atoms with Crippen molar-refractivity contribution in [2.75, 3.05) is 26.2 Å². The SMILES string of the molecule is CCCCOc1ccc([C@H](O)[C@H](CN2CCCCC2)c2ccccc2)cc1. The van der Waals surface area contributed by atoms with E-state index in [1.165, 1.54) is 24.8 Å². The predicted molar refractivity (Wildman–Crippen MR) is 111 cm³/mol. The molecule has 0 spiro atoms. The zero-order valence-corrected chi connectivity index (χ0v) is 16.5. The first-order valence-corrected chi connectivity index (χ1v) is 10.5. The third-order valence-corrected chi connectivity index (χ3v) is 5.50. The highest BCUT2D eigenvalue weighted by Gasteiger charge is 2.26. The van der Waals surface area contributed by atoms with E-state index in [0.717, 1.165) is 50.4 Å². The van der Waals surface area contributed by atoms with Crippen molar-refractivity contribution in [3.63, 3.8) is 0 Å². The molecule has 1 aliphatic rings. The molecule has 3 nitrogen and oxygen atoms in total. The van der Waals surface area contributed by atoms with E-state index < -0.39 is 6.10 Å². The van der Waals surface area contributed by atoms with E-state index in [1.54, 1.807) is 0 Å². The molecule has 0 bridgehead atoms. The van der Waals surface area contributed by atoms with Crippen LogP contribution in [0.2, 0.25) is 0 Å². The zero-order valence-electron chi connectivity index (χ0n) is 16.5. The van der Waals surface area contributed by atoms with Gasteiger partial charge in [0.05, 0.1) is 12.7 Å². The van der Waals surface area contributed by atoms with Gasteiger partial charge in [0.15, 0.2) is 0 Å². The quantitative estimate of drug-likeness (QED) is 0.621. The smallest absolute Gasteiger partial charge is 0.119 e. The summed E-state index contributed by atoms with van der Waals surface area (Å²) in [5, 5.41) is 11.2. The van der Waals surface area contributed by atoms with E-state index in [2.05, 4.69) is 36.1 Å². The minimum Gasteiger partial charge on any atom is -0.494 e. The Morgan fingerprint density at radius 2 is 1.63 bits per heavy atom. The molecular weight excluding hydrogens is 334 g/mol. The highest BCUT2D eigenvalue weighted by Crippen LogP contribution is 2.33. The van der Waals surface area contributed by atoms with E-state index >= 15 is 0 Å². The molecule has 27 heavy (non-hydrogen) atoms. The lowest BCUT2D eigenvalue weighted by molar-refractivity contribution is 0.109. The molecule has 1 fully saturated rings. The number of hydrogen-bond acceptors (Lipinski definition) is 3. The summed E-state index contributed by atoms with van der Waals surface area (Å²) in [5.74, 6) is 0.961. The van der Waals surface area contributed by atoms with Crippen molar-refractivity contribution in [3.8, 4) is 5.75 Å². The summed E-state index contributed by atoms with van der Waals surface area (Å²) in [5.41, 5.74) is 2.17. The topological polar surface area (TPSA) is 32.7 Å². The third-order valence-electron chi connectivity index (χ3n) is 5.50. The van der Waals surface area contributed by atoms with Gasteiger partial charge in [-0.25, -0.2) is 0 Å². The van der Waals surface area contributed by atoms with Crippen molar-refractivity contribution in [1.29, 1.82) is 0 Å². The van der Waals surface area contributed by atoms with Crippen molar-refractivity contribution in [1.82, 2.24) is 4.90 Å². The third kappa shape index (κ3) is 5.82. The number of benzene rings is 2. The largest absolute Gasteiger partial charge is 0.494 e. The van der Waals surface area contributed by atoms with Gasteiger partial charge in [0.25, 0.3) is 0 Å². The van der Waals surface area contributed by atoms with Gasteiger partial charge in [-0.15, -0.1) is 0 Å². The molecule has 0 radical (unpaired) electrons. The molecule has 3 heteroatoms. The summed E-state index contributed by atoms with van der Waals surface area (Å²) < 4.78 is 5.76. The number of rotatable bonds is 9. The first kappa shape index (κ1) is 19.9. The minimum absolute atomic E-state index is 0.0798. The molecule has 0 saturated carbocycles.